The lowest BCUT2D eigenvalue weighted by Gasteiger charge is -2.37. The van der Waals surface area contributed by atoms with E-state index in [0.29, 0.717) is 12.1 Å². The summed E-state index contributed by atoms with van der Waals surface area (Å²) in [5.41, 5.74) is 6.13. The van der Waals surface area contributed by atoms with Gasteiger partial charge in [-0.25, -0.2) is 0 Å². The normalized spacial score (nSPS) is 25.8. The molecular weight excluding hydrogens is 293 g/mol. The van der Waals surface area contributed by atoms with E-state index in [1.165, 1.54) is 18.2 Å². The van der Waals surface area contributed by atoms with Gasteiger partial charge in [0.1, 0.15) is 0 Å². The largest absolute Gasteiger partial charge is 0.393 e. The first-order chi connectivity index (χ1) is 10.2. The zero-order valence-electron chi connectivity index (χ0n) is 12.5. The van der Waals surface area contributed by atoms with Crippen LogP contribution in [0.2, 0.25) is 0 Å². The van der Waals surface area contributed by atoms with Gasteiger partial charge in [0.2, 0.25) is 5.91 Å². The molecule has 0 aromatic heterocycles. The number of anilines is 1. The third kappa shape index (κ3) is 4.47. The van der Waals surface area contributed by atoms with Crippen LogP contribution in [-0.4, -0.2) is 17.6 Å². The standard InChI is InChI=1S/C16H21F3N2O/c1-15(20)8-3-2-7-13(15)14(22)21-12-6-4-5-11(9-12)10-16(17,18)19/h4-6,9,13H,2-3,7-8,10,20H2,1H3,(H,21,22). The van der Waals surface area contributed by atoms with Crippen molar-refractivity contribution >= 4 is 11.6 Å². The molecule has 0 spiro atoms. The average molecular weight is 314 g/mol. The Morgan fingerprint density at radius 1 is 1.41 bits per heavy atom. The van der Waals surface area contributed by atoms with Gasteiger partial charge in [-0.15, -0.1) is 0 Å². The minimum atomic E-state index is -4.26. The van der Waals surface area contributed by atoms with E-state index in [1.54, 1.807) is 6.07 Å². The van der Waals surface area contributed by atoms with Crippen molar-refractivity contribution in [3.8, 4) is 0 Å². The minimum absolute atomic E-state index is 0.129. The molecule has 2 unspecified atom stereocenters. The van der Waals surface area contributed by atoms with Crippen LogP contribution < -0.4 is 11.1 Å². The van der Waals surface area contributed by atoms with Crippen LogP contribution in [0.15, 0.2) is 24.3 Å². The number of carbonyl (C=O) groups excluding carboxylic acids is 1. The zero-order valence-corrected chi connectivity index (χ0v) is 12.5. The molecule has 2 atom stereocenters. The molecule has 122 valence electrons. The van der Waals surface area contributed by atoms with Gasteiger partial charge in [0, 0.05) is 11.2 Å². The molecule has 0 radical (unpaired) electrons. The molecule has 0 aliphatic heterocycles. The van der Waals surface area contributed by atoms with Crippen LogP contribution in [0.25, 0.3) is 0 Å². The fourth-order valence-corrected chi connectivity index (χ4v) is 3.01. The van der Waals surface area contributed by atoms with E-state index < -0.39 is 18.1 Å². The van der Waals surface area contributed by atoms with E-state index >= 15 is 0 Å². The summed E-state index contributed by atoms with van der Waals surface area (Å²) in [6, 6.07) is 5.87. The monoisotopic (exact) mass is 314 g/mol. The Kier molecular flexibility index (Phi) is 4.80. The molecule has 1 aromatic rings. The molecule has 0 saturated heterocycles. The summed E-state index contributed by atoms with van der Waals surface area (Å²) in [5, 5.41) is 2.71. The van der Waals surface area contributed by atoms with E-state index in [-0.39, 0.29) is 17.4 Å². The first-order valence-corrected chi connectivity index (χ1v) is 7.43. The van der Waals surface area contributed by atoms with Crippen LogP contribution in [0.5, 0.6) is 0 Å². The van der Waals surface area contributed by atoms with Crippen LogP contribution in [0.3, 0.4) is 0 Å². The molecule has 22 heavy (non-hydrogen) atoms. The molecule has 1 amide bonds. The van der Waals surface area contributed by atoms with Crippen LogP contribution in [0.1, 0.15) is 38.2 Å². The summed E-state index contributed by atoms with van der Waals surface area (Å²) >= 11 is 0. The van der Waals surface area contributed by atoms with Gasteiger partial charge in [0.15, 0.2) is 0 Å². The van der Waals surface area contributed by atoms with Gasteiger partial charge in [-0.3, -0.25) is 4.79 Å². The number of halogens is 3. The van der Waals surface area contributed by atoms with Crippen molar-refractivity contribution < 1.29 is 18.0 Å². The number of hydrogen-bond acceptors (Lipinski definition) is 2. The summed E-state index contributed by atoms with van der Waals surface area (Å²) in [6.07, 6.45) is -1.84. The zero-order chi connectivity index (χ0) is 16.4. The molecule has 1 aliphatic rings. The van der Waals surface area contributed by atoms with Gasteiger partial charge in [-0.05, 0) is 37.5 Å². The Bertz CT molecular complexity index is 540. The molecule has 2 rings (SSSR count). The molecule has 1 fully saturated rings. The maximum absolute atomic E-state index is 12.4. The first kappa shape index (κ1) is 16.8. The van der Waals surface area contributed by atoms with E-state index in [0.717, 1.165) is 19.3 Å². The SMILES string of the molecule is CC1(N)CCCCC1C(=O)Nc1cccc(CC(F)(F)F)c1. The predicted molar refractivity (Wildman–Crippen MR) is 79.4 cm³/mol. The van der Waals surface area contributed by atoms with Crippen LogP contribution in [-0.2, 0) is 11.2 Å². The third-order valence-electron chi connectivity index (χ3n) is 4.17. The van der Waals surface area contributed by atoms with Crippen molar-refractivity contribution in [2.24, 2.45) is 11.7 Å². The Morgan fingerprint density at radius 3 is 2.77 bits per heavy atom. The van der Waals surface area contributed by atoms with Gasteiger partial charge in [-0.2, -0.15) is 13.2 Å². The van der Waals surface area contributed by atoms with Crippen LogP contribution in [0, 0.1) is 5.92 Å². The van der Waals surface area contributed by atoms with Crippen molar-refractivity contribution in [1.82, 2.24) is 0 Å². The highest BCUT2D eigenvalue weighted by molar-refractivity contribution is 5.93. The lowest BCUT2D eigenvalue weighted by molar-refractivity contribution is -0.127. The number of hydrogen-bond donors (Lipinski definition) is 2. The first-order valence-electron chi connectivity index (χ1n) is 7.43. The van der Waals surface area contributed by atoms with Crippen molar-refractivity contribution in [1.29, 1.82) is 0 Å². The van der Waals surface area contributed by atoms with E-state index in [9.17, 15) is 18.0 Å². The van der Waals surface area contributed by atoms with Gasteiger partial charge < -0.3 is 11.1 Å². The Morgan fingerprint density at radius 2 is 2.14 bits per heavy atom. The summed E-state index contributed by atoms with van der Waals surface area (Å²) in [6.45, 7) is 1.86. The maximum Gasteiger partial charge on any atom is 0.393 e. The number of nitrogens with one attached hydrogen (secondary N) is 1. The van der Waals surface area contributed by atoms with Crippen molar-refractivity contribution in [2.75, 3.05) is 5.32 Å². The number of rotatable bonds is 3. The molecular formula is C16H21F3N2O. The van der Waals surface area contributed by atoms with Crippen molar-refractivity contribution in [2.45, 2.75) is 50.7 Å². The van der Waals surface area contributed by atoms with Gasteiger partial charge in [-0.1, -0.05) is 25.0 Å². The second-order valence-electron chi connectivity index (χ2n) is 6.29. The topological polar surface area (TPSA) is 55.1 Å². The lowest BCUT2D eigenvalue weighted by atomic mass is 9.74. The molecule has 1 aliphatic carbocycles. The lowest BCUT2D eigenvalue weighted by Crippen LogP contribution is -2.51. The quantitative estimate of drug-likeness (QED) is 0.895. The smallest absolute Gasteiger partial charge is 0.326 e. The number of amides is 1. The average Bonchev–Trinajstić information content (AvgIpc) is 2.36. The molecule has 1 aromatic carbocycles. The van der Waals surface area contributed by atoms with Crippen molar-refractivity contribution in [3.63, 3.8) is 0 Å². The molecule has 0 heterocycles. The summed E-state index contributed by atoms with van der Waals surface area (Å²) in [4.78, 5) is 12.4. The minimum Gasteiger partial charge on any atom is -0.326 e. The predicted octanol–water partition coefficient (Wildman–Crippen LogP) is 3.64. The molecule has 3 N–H and O–H groups in total. The van der Waals surface area contributed by atoms with Crippen molar-refractivity contribution in [3.05, 3.63) is 29.8 Å². The van der Waals surface area contributed by atoms with Gasteiger partial charge >= 0.3 is 6.18 Å². The second kappa shape index (κ2) is 6.28. The highest BCUT2D eigenvalue weighted by Crippen LogP contribution is 2.32. The number of nitrogens with two attached hydrogens (primary N) is 1. The highest BCUT2D eigenvalue weighted by atomic mass is 19.4. The third-order valence-corrected chi connectivity index (χ3v) is 4.17. The number of benzene rings is 1. The van der Waals surface area contributed by atoms with Crippen LogP contribution >= 0.6 is 0 Å². The fraction of sp³-hybridized carbons (Fsp3) is 0.562. The van der Waals surface area contributed by atoms with Gasteiger partial charge in [0.05, 0.1) is 12.3 Å². The Balaban J connectivity index is 2.07. The highest BCUT2D eigenvalue weighted by Gasteiger charge is 2.37. The summed E-state index contributed by atoms with van der Waals surface area (Å²) in [7, 11) is 0. The summed E-state index contributed by atoms with van der Waals surface area (Å²) < 4.78 is 37.3. The van der Waals surface area contributed by atoms with Gasteiger partial charge in [0.25, 0.3) is 0 Å². The van der Waals surface area contributed by atoms with Crippen LogP contribution in [0.4, 0.5) is 18.9 Å². The van der Waals surface area contributed by atoms with E-state index in [2.05, 4.69) is 5.32 Å². The molecule has 0 bridgehead atoms. The molecule has 6 heteroatoms. The Labute approximate surface area is 128 Å². The Hall–Kier alpha value is -1.56. The number of alkyl halides is 3. The van der Waals surface area contributed by atoms with E-state index in [1.807, 2.05) is 6.92 Å². The fourth-order valence-electron chi connectivity index (χ4n) is 3.01. The second-order valence-corrected chi connectivity index (χ2v) is 6.29. The maximum atomic E-state index is 12.4. The summed E-state index contributed by atoms with van der Waals surface area (Å²) in [5.74, 6) is -0.526. The molecule has 1 saturated carbocycles. The molecule has 3 nitrogen and oxygen atoms in total. The van der Waals surface area contributed by atoms with E-state index in [4.69, 9.17) is 5.73 Å². The number of carbonyl (C=O) groups is 1.